The average Bonchev–Trinajstić information content (AvgIpc) is 2.30. The van der Waals surface area contributed by atoms with Gasteiger partial charge in [-0.05, 0) is 31.9 Å². The Morgan fingerprint density at radius 1 is 1.53 bits per heavy atom. The Morgan fingerprint density at radius 3 is 3.00 bits per heavy atom. The van der Waals surface area contributed by atoms with Crippen molar-refractivity contribution in [1.82, 2.24) is 0 Å². The monoisotopic (exact) mass is 299 g/mol. The Kier molecular flexibility index (Phi) is 4.42. The van der Waals surface area contributed by atoms with Gasteiger partial charge in [-0.2, -0.15) is 0 Å². The predicted molar refractivity (Wildman–Crippen MR) is 71.2 cm³/mol. The molecular formula is C13H18BrNO2. The first-order valence-corrected chi connectivity index (χ1v) is 6.75. The van der Waals surface area contributed by atoms with Crippen LogP contribution in [0.25, 0.3) is 0 Å². The predicted octanol–water partition coefficient (Wildman–Crippen LogP) is 3.03. The van der Waals surface area contributed by atoms with Crippen molar-refractivity contribution < 1.29 is 9.47 Å². The molecule has 17 heavy (non-hydrogen) atoms. The maximum absolute atomic E-state index is 5.99. The van der Waals surface area contributed by atoms with Gasteiger partial charge in [0.2, 0.25) is 0 Å². The summed E-state index contributed by atoms with van der Waals surface area (Å²) < 4.78 is 12.4. The Labute approximate surface area is 110 Å². The Bertz CT molecular complexity index is 376. The van der Waals surface area contributed by atoms with E-state index < -0.39 is 0 Å². The van der Waals surface area contributed by atoms with Gasteiger partial charge in [-0.1, -0.05) is 22.0 Å². The lowest BCUT2D eigenvalue weighted by molar-refractivity contribution is 0.00691. The molecule has 1 aliphatic rings. The van der Waals surface area contributed by atoms with Crippen LogP contribution in [0.15, 0.2) is 22.7 Å². The smallest absolute Gasteiger partial charge is 0.125 e. The zero-order valence-corrected chi connectivity index (χ0v) is 11.6. The van der Waals surface area contributed by atoms with Gasteiger partial charge in [-0.25, -0.2) is 0 Å². The summed E-state index contributed by atoms with van der Waals surface area (Å²) >= 11 is 3.46. The van der Waals surface area contributed by atoms with E-state index in [2.05, 4.69) is 15.9 Å². The van der Waals surface area contributed by atoms with Gasteiger partial charge in [0.05, 0.1) is 6.61 Å². The van der Waals surface area contributed by atoms with E-state index in [1.807, 2.05) is 25.1 Å². The van der Waals surface area contributed by atoms with E-state index in [1.54, 1.807) is 0 Å². The van der Waals surface area contributed by atoms with Crippen molar-refractivity contribution in [1.29, 1.82) is 0 Å². The van der Waals surface area contributed by atoms with Gasteiger partial charge in [0.15, 0.2) is 0 Å². The lowest BCUT2D eigenvalue weighted by Crippen LogP contribution is -2.28. The highest BCUT2D eigenvalue weighted by Gasteiger charge is 2.18. The highest BCUT2D eigenvalue weighted by molar-refractivity contribution is 9.10. The van der Waals surface area contributed by atoms with Crippen LogP contribution in [-0.4, -0.2) is 19.3 Å². The van der Waals surface area contributed by atoms with E-state index >= 15 is 0 Å². The van der Waals surface area contributed by atoms with E-state index in [-0.39, 0.29) is 12.1 Å². The summed E-state index contributed by atoms with van der Waals surface area (Å²) in [6, 6.07) is 5.95. The SMILES string of the molecule is C[C@H](N)c1ccc(Br)cc1OC1CCCOC1. The standard InChI is InChI=1S/C13H18BrNO2/c1-9(15)12-5-4-10(14)7-13(12)17-11-3-2-6-16-8-11/h4-5,7,9,11H,2-3,6,8,15H2,1H3/t9-,11?/m0/s1. The molecule has 0 amide bonds. The fourth-order valence-electron chi connectivity index (χ4n) is 1.97. The van der Waals surface area contributed by atoms with E-state index in [4.69, 9.17) is 15.2 Å². The largest absolute Gasteiger partial charge is 0.488 e. The van der Waals surface area contributed by atoms with Crippen LogP contribution in [-0.2, 0) is 4.74 Å². The van der Waals surface area contributed by atoms with Gasteiger partial charge in [0.25, 0.3) is 0 Å². The summed E-state index contributed by atoms with van der Waals surface area (Å²) in [7, 11) is 0. The average molecular weight is 300 g/mol. The molecule has 2 N–H and O–H groups in total. The molecule has 1 aromatic rings. The number of benzene rings is 1. The molecular weight excluding hydrogens is 282 g/mol. The summed E-state index contributed by atoms with van der Waals surface area (Å²) in [5.74, 6) is 0.866. The molecule has 0 aliphatic carbocycles. The summed E-state index contributed by atoms with van der Waals surface area (Å²) in [6.45, 7) is 3.48. The quantitative estimate of drug-likeness (QED) is 0.933. The van der Waals surface area contributed by atoms with Crippen molar-refractivity contribution in [3.05, 3.63) is 28.2 Å². The Balaban J connectivity index is 2.14. The van der Waals surface area contributed by atoms with Gasteiger partial charge in [-0.15, -0.1) is 0 Å². The van der Waals surface area contributed by atoms with Gasteiger partial charge < -0.3 is 15.2 Å². The third kappa shape index (κ3) is 3.44. The maximum atomic E-state index is 5.99. The minimum atomic E-state index is -0.0254. The first-order valence-electron chi connectivity index (χ1n) is 5.96. The summed E-state index contributed by atoms with van der Waals surface area (Å²) in [6.07, 6.45) is 2.26. The third-order valence-electron chi connectivity index (χ3n) is 2.88. The number of ether oxygens (including phenoxy) is 2. The van der Waals surface area contributed by atoms with Crippen LogP contribution in [0.1, 0.15) is 31.4 Å². The third-order valence-corrected chi connectivity index (χ3v) is 3.37. The van der Waals surface area contributed by atoms with Crippen LogP contribution in [0.5, 0.6) is 5.75 Å². The van der Waals surface area contributed by atoms with Crippen LogP contribution in [0, 0.1) is 0 Å². The topological polar surface area (TPSA) is 44.5 Å². The fourth-order valence-corrected chi connectivity index (χ4v) is 2.31. The Hall–Kier alpha value is -0.580. The molecule has 4 heteroatoms. The van der Waals surface area contributed by atoms with E-state index in [0.29, 0.717) is 6.61 Å². The molecule has 1 unspecified atom stereocenters. The molecule has 0 radical (unpaired) electrons. The molecule has 1 aromatic carbocycles. The van der Waals surface area contributed by atoms with E-state index in [0.717, 1.165) is 35.2 Å². The number of rotatable bonds is 3. The van der Waals surface area contributed by atoms with Crippen LogP contribution in [0.4, 0.5) is 0 Å². The van der Waals surface area contributed by atoms with E-state index in [9.17, 15) is 0 Å². The maximum Gasteiger partial charge on any atom is 0.125 e. The lowest BCUT2D eigenvalue weighted by atomic mass is 10.1. The number of nitrogens with two attached hydrogens (primary N) is 1. The summed E-state index contributed by atoms with van der Waals surface area (Å²) in [4.78, 5) is 0. The van der Waals surface area contributed by atoms with Crippen LogP contribution in [0.2, 0.25) is 0 Å². The first kappa shape index (κ1) is 12.9. The Morgan fingerprint density at radius 2 is 2.35 bits per heavy atom. The molecule has 1 aliphatic heterocycles. The van der Waals surface area contributed by atoms with Gasteiger partial charge in [-0.3, -0.25) is 0 Å². The van der Waals surface area contributed by atoms with Crippen molar-refractivity contribution in [2.24, 2.45) is 5.73 Å². The van der Waals surface area contributed by atoms with Crippen molar-refractivity contribution in [3.8, 4) is 5.75 Å². The molecule has 0 saturated carbocycles. The normalized spacial score (nSPS) is 22.2. The second-order valence-electron chi connectivity index (χ2n) is 4.43. The minimum absolute atomic E-state index is 0.0254. The second kappa shape index (κ2) is 5.85. The molecule has 1 saturated heterocycles. The van der Waals surface area contributed by atoms with E-state index in [1.165, 1.54) is 0 Å². The summed E-state index contributed by atoms with van der Waals surface area (Å²) in [5, 5.41) is 0. The number of hydrogen-bond acceptors (Lipinski definition) is 3. The van der Waals surface area contributed by atoms with Crippen LogP contribution in [0.3, 0.4) is 0 Å². The zero-order chi connectivity index (χ0) is 12.3. The van der Waals surface area contributed by atoms with Gasteiger partial charge in [0, 0.05) is 22.7 Å². The zero-order valence-electron chi connectivity index (χ0n) is 9.99. The second-order valence-corrected chi connectivity index (χ2v) is 5.34. The number of hydrogen-bond donors (Lipinski definition) is 1. The molecule has 3 nitrogen and oxygen atoms in total. The molecule has 2 atom stereocenters. The summed E-state index contributed by atoms with van der Waals surface area (Å²) in [5.41, 5.74) is 6.98. The lowest BCUT2D eigenvalue weighted by Gasteiger charge is -2.25. The first-order chi connectivity index (χ1) is 8.16. The number of halogens is 1. The van der Waals surface area contributed by atoms with Crippen molar-refractivity contribution >= 4 is 15.9 Å². The van der Waals surface area contributed by atoms with Crippen molar-refractivity contribution in [3.63, 3.8) is 0 Å². The molecule has 1 fully saturated rings. The fraction of sp³-hybridized carbons (Fsp3) is 0.538. The van der Waals surface area contributed by atoms with Crippen molar-refractivity contribution in [2.45, 2.75) is 31.9 Å². The molecule has 0 aromatic heterocycles. The highest BCUT2D eigenvalue weighted by atomic mass is 79.9. The van der Waals surface area contributed by atoms with Crippen LogP contribution < -0.4 is 10.5 Å². The minimum Gasteiger partial charge on any atom is -0.488 e. The van der Waals surface area contributed by atoms with Gasteiger partial charge in [0.1, 0.15) is 11.9 Å². The molecule has 94 valence electrons. The molecule has 0 spiro atoms. The molecule has 0 bridgehead atoms. The highest BCUT2D eigenvalue weighted by Crippen LogP contribution is 2.29. The van der Waals surface area contributed by atoms with Crippen LogP contribution >= 0.6 is 15.9 Å². The molecule has 1 heterocycles. The van der Waals surface area contributed by atoms with Crippen molar-refractivity contribution in [2.75, 3.05) is 13.2 Å². The molecule has 2 rings (SSSR count). The van der Waals surface area contributed by atoms with Gasteiger partial charge >= 0.3 is 0 Å².